The van der Waals surface area contributed by atoms with Crippen LogP contribution in [0.5, 0.6) is 0 Å². The molecule has 3 rings (SSSR count). The van der Waals surface area contributed by atoms with Crippen molar-refractivity contribution in [1.29, 1.82) is 0 Å². The molecular weight excluding hydrogens is 292 g/mol. The van der Waals surface area contributed by atoms with E-state index in [2.05, 4.69) is 50.3 Å². The van der Waals surface area contributed by atoms with Crippen LogP contribution in [0.1, 0.15) is 5.56 Å². The minimum atomic E-state index is 0.291. The van der Waals surface area contributed by atoms with Crippen LogP contribution in [-0.2, 0) is 5.33 Å². The smallest absolute Gasteiger partial charge is 0.240 e. The maximum absolute atomic E-state index is 5.63. The third-order valence-electron chi connectivity index (χ3n) is 2.78. The maximum Gasteiger partial charge on any atom is 0.240 e. The number of aromatic nitrogens is 3. The first-order chi connectivity index (χ1) is 8.78. The number of nitrogen functional groups attached to an aromatic ring is 1. The molecule has 3 aromatic rings. The van der Waals surface area contributed by atoms with Crippen molar-refractivity contribution in [2.24, 2.45) is 0 Å². The Kier molecular flexibility index (Phi) is 2.76. The van der Waals surface area contributed by atoms with Gasteiger partial charge in [-0.1, -0.05) is 46.3 Å². The molecule has 0 aliphatic carbocycles. The zero-order chi connectivity index (χ0) is 12.5. The molecule has 0 amide bonds. The first kappa shape index (κ1) is 11.2. The quantitative estimate of drug-likeness (QED) is 0.741. The predicted octanol–water partition coefficient (Wildman–Crippen LogP) is 2.87. The van der Waals surface area contributed by atoms with Gasteiger partial charge in [-0.15, -0.1) is 5.10 Å². The Morgan fingerprint density at radius 1 is 1.11 bits per heavy atom. The molecule has 1 aromatic carbocycles. The SMILES string of the molecule is Nc1nc2cccc(-c3ccc(CBr)cc3)n2n1. The summed E-state index contributed by atoms with van der Waals surface area (Å²) >= 11 is 3.44. The highest BCUT2D eigenvalue weighted by atomic mass is 79.9. The lowest BCUT2D eigenvalue weighted by Crippen LogP contribution is -1.94. The minimum Gasteiger partial charge on any atom is -0.366 e. The van der Waals surface area contributed by atoms with Gasteiger partial charge in [-0.3, -0.25) is 0 Å². The van der Waals surface area contributed by atoms with Crippen molar-refractivity contribution in [2.45, 2.75) is 5.33 Å². The van der Waals surface area contributed by atoms with E-state index in [9.17, 15) is 0 Å². The van der Waals surface area contributed by atoms with E-state index < -0.39 is 0 Å². The average Bonchev–Trinajstić information content (AvgIpc) is 2.79. The number of fused-ring (bicyclic) bond motifs is 1. The molecule has 18 heavy (non-hydrogen) atoms. The van der Waals surface area contributed by atoms with E-state index in [0.717, 1.165) is 22.2 Å². The summed E-state index contributed by atoms with van der Waals surface area (Å²) in [6, 6.07) is 14.2. The number of nitrogens with two attached hydrogens (primary N) is 1. The molecule has 0 saturated heterocycles. The second-order valence-corrected chi connectivity index (χ2v) is 4.54. The second-order valence-electron chi connectivity index (χ2n) is 3.98. The van der Waals surface area contributed by atoms with Crippen molar-refractivity contribution in [3.63, 3.8) is 0 Å². The van der Waals surface area contributed by atoms with Crippen LogP contribution in [0.4, 0.5) is 5.95 Å². The fraction of sp³-hybridized carbons (Fsp3) is 0.0769. The molecular formula is C13H11BrN4. The number of pyridine rings is 1. The largest absolute Gasteiger partial charge is 0.366 e. The standard InChI is InChI=1S/C13H11BrN4/c14-8-9-4-6-10(7-5-9)11-2-1-3-12-16-13(15)17-18(11)12/h1-7H,8H2,(H2,15,17). The minimum absolute atomic E-state index is 0.291. The van der Waals surface area contributed by atoms with Crippen LogP contribution in [0, 0.1) is 0 Å². The highest BCUT2D eigenvalue weighted by Crippen LogP contribution is 2.21. The molecule has 0 radical (unpaired) electrons. The molecule has 5 heteroatoms. The van der Waals surface area contributed by atoms with Gasteiger partial charge in [0.25, 0.3) is 0 Å². The molecule has 0 fully saturated rings. The molecule has 90 valence electrons. The first-order valence-electron chi connectivity index (χ1n) is 5.54. The van der Waals surface area contributed by atoms with Gasteiger partial charge in [-0.2, -0.15) is 4.98 Å². The molecule has 0 atom stereocenters. The number of hydrogen-bond donors (Lipinski definition) is 1. The van der Waals surface area contributed by atoms with Gasteiger partial charge in [-0.05, 0) is 17.7 Å². The molecule has 0 saturated carbocycles. The Balaban J connectivity index is 2.17. The monoisotopic (exact) mass is 302 g/mol. The van der Waals surface area contributed by atoms with Crippen LogP contribution < -0.4 is 5.73 Å². The summed E-state index contributed by atoms with van der Waals surface area (Å²) in [5.41, 5.74) is 9.71. The molecule has 2 N–H and O–H groups in total. The van der Waals surface area contributed by atoms with Crippen molar-refractivity contribution < 1.29 is 0 Å². The molecule has 0 spiro atoms. The molecule has 0 aliphatic heterocycles. The summed E-state index contributed by atoms with van der Waals surface area (Å²) in [6.07, 6.45) is 0. The van der Waals surface area contributed by atoms with Crippen molar-refractivity contribution in [3.05, 3.63) is 48.0 Å². The Morgan fingerprint density at radius 3 is 2.61 bits per heavy atom. The third kappa shape index (κ3) is 1.86. The van der Waals surface area contributed by atoms with E-state index in [1.54, 1.807) is 4.52 Å². The number of anilines is 1. The topological polar surface area (TPSA) is 56.2 Å². The van der Waals surface area contributed by atoms with E-state index >= 15 is 0 Å². The highest BCUT2D eigenvalue weighted by Gasteiger charge is 2.06. The molecule has 0 unspecified atom stereocenters. The number of halogens is 1. The summed E-state index contributed by atoms with van der Waals surface area (Å²) < 4.78 is 1.76. The van der Waals surface area contributed by atoms with E-state index in [-0.39, 0.29) is 0 Å². The van der Waals surface area contributed by atoms with Gasteiger partial charge in [0.05, 0.1) is 5.69 Å². The van der Waals surface area contributed by atoms with Crippen molar-refractivity contribution in [3.8, 4) is 11.3 Å². The number of benzene rings is 1. The van der Waals surface area contributed by atoms with Gasteiger partial charge in [0, 0.05) is 10.9 Å². The van der Waals surface area contributed by atoms with Crippen LogP contribution >= 0.6 is 15.9 Å². The zero-order valence-corrected chi connectivity index (χ0v) is 11.1. The summed E-state index contributed by atoms with van der Waals surface area (Å²) in [5, 5.41) is 5.06. The number of nitrogens with zero attached hydrogens (tertiary/aromatic N) is 3. The molecule has 2 heterocycles. The fourth-order valence-corrected chi connectivity index (χ4v) is 2.28. The lowest BCUT2D eigenvalue weighted by molar-refractivity contribution is 0.976. The van der Waals surface area contributed by atoms with Gasteiger partial charge in [0.15, 0.2) is 5.65 Å². The van der Waals surface area contributed by atoms with Gasteiger partial charge >= 0.3 is 0 Å². The highest BCUT2D eigenvalue weighted by molar-refractivity contribution is 9.08. The lowest BCUT2D eigenvalue weighted by atomic mass is 10.1. The number of rotatable bonds is 2. The molecule has 4 nitrogen and oxygen atoms in total. The van der Waals surface area contributed by atoms with Crippen LogP contribution in [0.25, 0.3) is 16.9 Å². The second kappa shape index (κ2) is 4.42. The van der Waals surface area contributed by atoms with Crippen molar-refractivity contribution in [2.75, 3.05) is 5.73 Å². The Bertz CT molecular complexity index is 688. The van der Waals surface area contributed by atoms with Crippen LogP contribution in [0.15, 0.2) is 42.5 Å². The maximum atomic E-state index is 5.63. The van der Waals surface area contributed by atoms with E-state index in [0.29, 0.717) is 5.95 Å². The van der Waals surface area contributed by atoms with Crippen LogP contribution in [0.3, 0.4) is 0 Å². The van der Waals surface area contributed by atoms with E-state index in [1.165, 1.54) is 5.56 Å². The predicted molar refractivity (Wildman–Crippen MR) is 75.5 cm³/mol. The normalized spacial score (nSPS) is 10.9. The summed E-state index contributed by atoms with van der Waals surface area (Å²) in [6.45, 7) is 0. The molecule has 2 aromatic heterocycles. The van der Waals surface area contributed by atoms with Crippen LogP contribution in [-0.4, -0.2) is 14.6 Å². The van der Waals surface area contributed by atoms with Crippen molar-refractivity contribution >= 4 is 27.5 Å². The fourth-order valence-electron chi connectivity index (χ4n) is 1.90. The first-order valence-corrected chi connectivity index (χ1v) is 6.66. The van der Waals surface area contributed by atoms with E-state index in [1.807, 2.05) is 18.2 Å². The number of alkyl halides is 1. The third-order valence-corrected chi connectivity index (χ3v) is 3.43. The van der Waals surface area contributed by atoms with Crippen molar-refractivity contribution in [1.82, 2.24) is 14.6 Å². The van der Waals surface area contributed by atoms with E-state index in [4.69, 9.17) is 5.73 Å². The summed E-state index contributed by atoms with van der Waals surface area (Å²) in [7, 11) is 0. The average molecular weight is 303 g/mol. The van der Waals surface area contributed by atoms with Gasteiger partial charge in [-0.25, -0.2) is 4.52 Å². The van der Waals surface area contributed by atoms with Gasteiger partial charge < -0.3 is 5.73 Å². The Labute approximate surface area is 113 Å². The molecule has 0 bridgehead atoms. The summed E-state index contributed by atoms with van der Waals surface area (Å²) in [4.78, 5) is 4.16. The van der Waals surface area contributed by atoms with Gasteiger partial charge in [0.1, 0.15) is 0 Å². The number of hydrogen-bond acceptors (Lipinski definition) is 3. The zero-order valence-electron chi connectivity index (χ0n) is 9.55. The molecule has 0 aliphatic rings. The lowest BCUT2D eigenvalue weighted by Gasteiger charge is -2.04. The van der Waals surface area contributed by atoms with Gasteiger partial charge in [0.2, 0.25) is 5.95 Å². The van der Waals surface area contributed by atoms with Crippen LogP contribution in [0.2, 0.25) is 0 Å². The Morgan fingerprint density at radius 2 is 1.89 bits per heavy atom. The summed E-state index contributed by atoms with van der Waals surface area (Å²) in [5.74, 6) is 0.291. The Hall–Kier alpha value is -1.88.